The average Bonchev–Trinajstić information content (AvgIpc) is 2.88. The van der Waals surface area contributed by atoms with Crippen LogP contribution in [0.4, 0.5) is 0 Å². The van der Waals surface area contributed by atoms with Crippen molar-refractivity contribution < 1.29 is 9.84 Å². The molecule has 0 aromatic carbocycles. The standard InChI is InChI=1S/C22H34O2/c1-5-22(24-4)13-10-19-17-7-6-15-14-16(23)8-11-20(15,2)18(17)9-12-21(19,22)3/h1,15-19,23H,6-14H2,2-4H3/t15?,16?,17-,18-,19+,20+,21+,22?/m1/s1. The number of methoxy groups -OCH3 is 1. The molecule has 0 amide bonds. The van der Waals surface area contributed by atoms with E-state index in [4.69, 9.17) is 11.2 Å². The Morgan fingerprint density at radius 3 is 2.46 bits per heavy atom. The second-order valence-electron chi connectivity index (χ2n) is 9.76. The van der Waals surface area contributed by atoms with Gasteiger partial charge < -0.3 is 9.84 Å². The summed E-state index contributed by atoms with van der Waals surface area (Å²) in [5.41, 5.74) is 0.246. The quantitative estimate of drug-likeness (QED) is 0.722. The van der Waals surface area contributed by atoms with Crippen molar-refractivity contribution in [3.8, 4) is 12.3 Å². The van der Waals surface area contributed by atoms with Gasteiger partial charge in [-0.15, -0.1) is 6.42 Å². The van der Waals surface area contributed by atoms with Gasteiger partial charge in [-0.25, -0.2) is 0 Å². The second-order valence-corrected chi connectivity index (χ2v) is 9.76. The van der Waals surface area contributed by atoms with Gasteiger partial charge in [0.05, 0.1) is 6.10 Å². The van der Waals surface area contributed by atoms with E-state index in [-0.39, 0.29) is 17.1 Å². The van der Waals surface area contributed by atoms with Gasteiger partial charge in [0.25, 0.3) is 0 Å². The summed E-state index contributed by atoms with van der Waals surface area (Å²) in [6.07, 6.45) is 16.6. The van der Waals surface area contributed by atoms with Gasteiger partial charge in [-0.1, -0.05) is 19.8 Å². The third-order valence-corrected chi connectivity index (χ3v) is 9.34. The molecule has 8 atom stereocenters. The molecule has 0 radical (unpaired) electrons. The van der Waals surface area contributed by atoms with Crippen molar-refractivity contribution in [2.75, 3.05) is 7.11 Å². The van der Waals surface area contributed by atoms with E-state index in [2.05, 4.69) is 19.8 Å². The molecule has 4 rings (SSSR count). The van der Waals surface area contributed by atoms with Gasteiger partial charge in [-0.2, -0.15) is 0 Å². The predicted octanol–water partition coefficient (Wildman–Crippen LogP) is 4.41. The fraction of sp³-hybridized carbons (Fsp3) is 0.909. The van der Waals surface area contributed by atoms with E-state index in [1.54, 1.807) is 0 Å². The largest absolute Gasteiger partial charge is 0.393 e. The molecular weight excluding hydrogens is 296 g/mol. The minimum atomic E-state index is -0.344. The molecule has 4 aliphatic rings. The van der Waals surface area contributed by atoms with Crippen molar-refractivity contribution in [3.63, 3.8) is 0 Å². The van der Waals surface area contributed by atoms with E-state index >= 15 is 0 Å². The van der Waals surface area contributed by atoms with Crippen LogP contribution in [0.1, 0.15) is 71.6 Å². The maximum Gasteiger partial charge on any atom is 0.133 e. The Labute approximate surface area is 147 Å². The van der Waals surface area contributed by atoms with E-state index in [1.807, 2.05) is 7.11 Å². The van der Waals surface area contributed by atoms with Crippen molar-refractivity contribution in [3.05, 3.63) is 0 Å². The molecule has 0 aromatic heterocycles. The van der Waals surface area contributed by atoms with Gasteiger partial charge >= 0.3 is 0 Å². The number of hydrogen-bond donors (Lipinski definition) is 1. The fourth-order valence-electron chi connectivity index (χ4n) is 7.87. The topological polar surface area (TPSA) is 29.5 Å². The molecule has 0 spiro atoms. The molecule has 134 valence electrons. The molecule has 0 aliphatic heterocycles. The first kappa shape index (κ1) is 16.9. The van der Waals surface area contributed by atoms with Crippen LogP contribution in [0.3, 0.4) is 0 Å². The predicted molar refractivity (Wildman–Crippen MR) is 96.3 cm³/mol. The van der Waals surface area contributed by atoms with Gasteiger partial charge in [-0.3, -0.25) is 0 Å². The van der Waals surface area contributed by atoms with Crippen molar-refractivity contribution in [1.82, 2.24) is 0 Å². The van der Waals surface area contributed by atoms with Crippen LogP contribution in [-0.4, -0.2) is 23.9 Å². The number of ether oxygens (including phenoxy) is 1. The van der Waals surface area contributed by atoms with Crippen molar-refractivity contribution in [1.29, 1.82) is 0 Å². The van der Waals surface area contributed by atoms with Crippen LogP contribution in [-0.2, 0) is 4.74 Å². The second kappa shape index (κ2) is 5.49. The van der Waals surface area contributed by atoms with E-state index in [0.717, 1.165) is 42.9 Å². The average molecular weight is 331 g/mol. The van der Waals surface area contributed by atoms with Crippen LogP contribution in [0.2, 0.25) is 0 Å². The van der Waals surface area contributed by atoms with E-state index in [1.165, 1.54) is 38.5 Å². The monoisotopic (exact) mass is 330 g/mol. The van der Waals surface area contributed by atoms with Gasteiger partial charge in [0.1, 0.15) is 5.60 Å². The molecule has 2 heteroatoms. The van der Waals surface area contributed by atoms with Gasteiger partial charge in [0.2, 0.25) is 0 Å². The highest BCUT2D eigenvalue weighted by molar-refractivity contribution is 5.24. The molecule has 2 nitrogen and oxygen atoms in total. The van der Waals surface area contributed by atoms with Crippen LogP contribution in [0, 0.1) is 46.8 Å². The van der Waals surface area contributed by atoms with Gasteiger partial charge in [-0.05, 0) is 86.9 Å². The Kier molecular flexibility index (Phi) is 3.87. The first-order chi connectivity index (χ1) is 11.4. The molecule has 4 aliphatic carbocycles. The molecule has 1 N–H and O–H groups in total. The zero-order valence-electron chi connectivity index (χ0n) is 15.7. The van der Waals surface area contributed by atoms with Crippen molar-refractivity contribution in [2.45, 2.75) is 83.3 Å². The van der Waals surface area contributed by atoms with Gasteiger partial charge in [0.15, 0.2) is 0 Å². The molecule has 4 saturated carbocycles. The van der Waals surface area contributed by atoms with Crippen LogP contribution in [0.25, 0.3) is 0 Å². The number of aliphatic hydroxyl groups is 1. The molecular formula is C22H34O2. The highest BCUT2D eigenvalue weighted by Crippen LogP contribution is 2.68. The highest BCUT2D eigenvalue weighted by atomic mass is 16.5. The third-order valence-electron chi connectivity index (χ3n) is 9.34. The van der Waals surface area contributed by atoms with Crippen molar-refractivity contribution in [2.24, 2.45) is 34.5 Å². The molecule has 24 heavy (non-hydrogen) atoms. The van der Waals surface area contributed by atoms with E-state index < -0.39 is 0 Å². The van der Waals surface area contributed by atoms with Crippen LogP contribution < -0.4 is 0 Å². The maximum absolute atomic E-state index is 10.1. The van der Waals surface area contributed by atoms with Gasteiger partial charge in [0, 0.05) is 12.5 Å². The summed E-state index contributed by atoms with van der Waals surface area (Å²) in [5.74, 6) is 6.16. The lowest BCUT2D eigenvalue weighted by Gasteiger charge is -2.61. The zero-order chi connectivity index (χ0) is 17.2. The molecule has 0 heterocycles. The van der Waals surface area contributed by atoms with E-state index in [9.17, 15) is 5.11 Å². The van der Waals surface area contributed by atoms with Crippen molar-refractivity contribution >= 4 is 0 Å². The number of fused-ring (bicyclic) bond motifs is 5. The number of aliphatic hydroxyl groups excluding tert-OH is 1. The minimum Gasteiger partial charge on any atom is -0.393 e. The highest BCUT2D eigenvalue weighted by Gasteiger charge is 2.64. The summed E-state index contributed by atoms with van der Waals surface area (Å²) in [5, 5.41) is 10.1. The molecule has 4 fully saturated rings. The molecule has 3 unspecified atom stereocenters. The summed E-state index contributed by atoms with van der Waals surface area (Å²) in [4.78, 5) is 0. The Morgan fingerprint density at radius 2 is 1.75 bits per heavy atom. The Hall–Kier alpha value is -0.520. The first-order valence-corrected chi connectivity index (χ1v) is 10.1. The summed E-state index contributed by atoms with van der Waals surface area (Å²) in [6, 6.07) is 0. The summed E-state index contributed by atoms with van der Waals surface area (Å²) in [7, 11) is 1.82. The maximum atomic E-state index is 10.1. The first-order valence-electron chi connectivity index (χ1n) is 10.1. The minimum absolute atomic E-state index is 0.0532. The van der Waals surface area contributed by atoms with E-state index in [0.29, 0.717) is 5.41 Å². The lowest BCUT2D eigenvalue weighted by molar-refractivity contribution is -0.151. The Balaban J connectivity index is 1.65. The number of hydrogen-bond acceptors (Lipinski definition) is 2. The zero-order valence-corrected chi connectivity index (χ0v) is 15.7. The molecule has 0 saturated heterocycles. The Bertz CT molecular complexity index is 551. The SMILES string of the molecule is C#CC1(OC)CC[C@H]2[C@@H]3CCC4CC(O)CC[C@]4(C)[C@@H]3CC[C@@]21C. The summed E-state index contributed by atoms with van der Waals surface area (Å²) >= 11 is 0. The van der Waals surface area contributed by atoms with Crippen LogP contribution in [0.15, 0.2) is 0 Å². The fourth-order valence-corrected chi connectivity index (χ4v) is 7.87. The Morgan fingerprint density at radius 1 is 1.00 bits per heavy atom. The molecule has 0 bridgehead atoms. The summed E-state index contributed by atoms with van der Waals surface area (Å²) in [6.45, 7) is 4.96. The number of terminal acetylenes is 1. The van der Waals surface area contributed by atoms with Crippen LogP contribution in [0.5, 0.6) is 0 Å². The summed E-state index contributed by atoms with van der Waals surface area (Å²) < 4.78 is 5.98. The normalized spacial score (nSPS) is 56.7. The van der Waals surface area contributed by atoms with Crippen LogP contribution >= 0.6 is 0 Å². The number of rotatable bonds is 1. The lowest BCUT2D eigenvalue weighted by Crippen LogP contribution is -2.56. The smallest absolute Gasteiger partial charge is 0.133 e. The third kappa shape index (κ3) is 1.98. The molecule has 0 aromatic rings. The lowest BCUT2D eigenvalue weighted by atomic mass is 9.44.